The topological polar surface area (TPSA) is 26.3 Å². The SMILES string of the molecule is CC.CCOC(=O)c1ccc(/C=C(\C)c2ccc3c(c2)C(C)(C)CCC3(C)C)cc1. The van der Waals surface area contributed by atoms with Crippen LogP contribution in [0.3, 0.4) is 0 Å². The van der Waals surface area contributed by atoms with E-state index in [1.54, 1.807) is 0 Å². The predicted molar refractivity (Wildman–Crippen MR) is 129 cm³/mol. The Morgan fingerprint density at radius 2 is 1.43 bits per heavy atom. The molecule has 0 aromatic heterocycles. The van der Waals surface area contributed by atoms with Crippen LogP contribution in [0.1, 0.15) is 101 Å². The lowest BCUT2D eigenvalue weighted by Crippen LogP contribution is -2.33. The Morgan fingerprint density at radius 3 is 2.00 bits per heavy atom. The van der Waals surface area contributed by atoms with Gasteiger partial charge in [-0.25, -0.2) is 4.79 Å². The summed E-state index contributed by atoms with van der Waals surface area (Å²) in [5.41, 5.74) is 7.58. The normalized spacial score (nSPS) is 16.7. The summed E-state index contributed by atoms with van der Waals surface area (Å²) in [6.07, 6.45) is 4.63. The van der Waals surface area contributed by atoms with Crippen LogP contribution < -0.4 is 0 Å². The molecule has 1 aliphatic carbocycles. The fraction of sp³-hybridized carbons (Fsp3) is 0.464. The molecule has 3 rings (SSSR count). The molecule has 0 bridgehead atoms. The highest BCUT2D eigenvalue weighted by atomic mass is 16.5. The average Bonchev–Trinajstić information content (AvgIpc) is 2.73. The second-order valence-electron chi connectivity index (χ2n) is 9.20. The number of hydrogen-bond acceptors (Lipinski definition) is 2. The first-order chi connectivity index (χ1) is 14.1. The lowest BCUT2D eigenvalue weighted by Gasteiger charge is -2.42. The van der Waals surface area contributed by atoms with Gasteiger partial charge in [-0.3, -0.25) is 0 Å². The maximum Gasteiger partial charge on any atom is 0.338 e. The number of ether oxygens (including phenoxy) is 1. The van der Waals surface area contributed by atoms with Gasteiger partial charge < -0.3 is 4.74 Å². The highest BCUT2D eigenvalue weighted by Gasteiger charge is 2.36. The molecule has 0 saturated carbocycles. The van der Waals surface area contributed by atoms with Crippen molar-refractivity contribution >= 4 is 17.6 Å². The third kappa shape index (κ3) is 5.22. The third-order valence-corrected chi connectivity index (χ3v) is 6.11. The summed E-state index contributed by atoms with van der Waals surface area (Å²) in [4.78, 5) is 11.8. The molecule has 0 radical (unpaired) electrons. The Kier molecular flexibility index (Phi) is 7.69. The average molecular weight is 407 g/mol. The number of esters is 1. The van der Waals surface area contributed by atoms with Crippen LogP contribution in [0.25, 0.3) is 11.6 Å². The number of hydrogen-bond donors (Lipinski definition) is 0. The second-order valence-corrected chi connectivity index (χ2v) is 9.20. The van der Waals surface area contributed by atoms with E-state index in [0.717, 1.165) is 5.56 Å². The highest BCUT2D eigenvalue weighted by molar-refractivity contribution is 5.90. The van der Waals surface area contributed by atoms with E-state index < -0.39 is 0 Å². The van der Waals surface area contributed by atoms with E-state index in [9.17, 15) is 4.79 Å². The molecule has 2 nitrogen and oxygen atoms in total. The number of benzene rings is 2. The zero-order valence-electron chi connectivity index (χ0n) is 20.1. The largest absolute Gasteiger partial charge is 0.462 e. The summed E-state index contributed by atoms with van der Waals surface area (Å²) in [6.45, 7) is 17.8. The molecule has 2 aromatic rings. The van der Waals surface area contributed by atoms with Crippen molar-refractivity contribution < 1.29 is 9.53 Å². The molecule has 1 aliphatic rings. The Balaban J connectivity index is 0.00000155. The summed E-state index contributed by atoms with van der Waals surface area (Å²) in [6, 6.07) is 14.6. The standard InChI is InChI=1S/C26H32O2.C2H6/c1-7-28-24(27)20-10-8-19(9-11-20)16-18(2)21-12-13-22-23(17-21)26(5,6)15-14-25(22,3)4;1-2/h8-13,16-17H,7,14-15H2,1-6H3;1-2H3/b18-16+;. The molecule has 30 heavy (non-hydrogen) atoms. The Labute approximate surface area is 183 Å². The van der Waals surface area contributed by atoms with E-state index in [1.807, 2.05) is 45.0 Å². The van der Waals surface area contributed by atoms with Gasteiger partial charge in [0.25, 0.3) is 0 Å². The van der Waals surface area contributed by atoms with Crippen LogP contribution >= 0.6 is 0 Å². The summed E-state index contributed by atoms with van der Waals surface area (Å²) >= 11 is 0. The fourth-order valence-electron chi connectivity index (χ4n) is 4.10. The monoisotopic (exact) mass is 406 g/mol. The smallest absolute Gasteiger partial charge is 0.338 e. The Bertz CT molecular complexity index is 899. The fourth-order valence-corrected chi connectivity index (χ4v) is 4.10. The van der Waals surface area contributed by atoms with Crippen molar-refractivity contribution in [1.82, 2.24) is 0 Å². The van der Waals surface area contributed by atoms with Crippen LogP contribution in [0.15, 0.2) is 42.5 Å². The van der Waals surface area contributed by atoms with Gasteiger partial charge in [0.15, 0.2) is 0 Å². The maximum absolute atomic E-state index is 11.8. The number of rotatable bonds is 4. The van der Waals surface area contributed by atoms with Gasteiger partial charge in [0, 0.05) is 0 Å². The minimum absolute atomic E-state index is 0.211. The first-order valence-electron chi connectivity index (χ1n) is 11.2. The van der Waals surface area contributed by atoms with Gasteiger partial charge >= 0.3 is 5.97 Å². The van der Waals surface area contributed by atoms with E-state index in [-0.39, 0.29) is 16.8 Å². The number of fused-ring (bicyclic) bond motifs is 1. The maximum atomic E-state index is 11.8. The van der Waals surface area contributed by atoms with Crippen LogP contribution in [0, 0.1) is 0 Å². The molecular formula is C28H38O2. The molecule has 0 amide bonds. The summed E-state index contributed by atoms with van der Waals surface area (Å²) in [5, 5.41) is 0. The van der Waals surface area contributed by atoms with Crippen LogP contribution in [0.2, 0.25) is 0 Å². The molecule has 0 saturated heterocycles. The number of carbonyl (C=O) groups excluding carboxylic acids is 1. The minimum atomic E-state index is -0.269. The highest BCUT2D eigenvalue weighted by Crippen LogP contribution is 2.46. The summed E-state index contributed by atoms with van der Waals surface area (Å²) < 4.78 is 5.05. The molecule has 2 heteroatoms. The van der Waals surface area contributed by atoms with Crippen LogP contribution in [0.4, 0.5) is 0 Å². The molecule has 0 unspecified atom stereocenters. The number of allylic oxidation sites excluding steroid dienone is 1. The lowest BCUT2D eigenvalue weighted by atomic mass is 9.63. The second kappa shape index (κ2) is 9.64. The van der Waals surface area contributed by atoms with Gasteiger partial charge in [-0.05, 0) is 77.5 Å². The van der Waals surface area contributed by atoms with E-state index >= 15 is 0 Å². The molecule has 162 valence electrons. The van der Waals surface area contributed by atoms with Crippen molar-refractivity contribution in [2.45, 2.75) is 79.1 Å². The van der Waals surface area contributed by atoms with Gasteiger partial charge in [-0.15, -0.1) is 0 Å². The van der Waals surface area contributed by atoms with Gasteiger partial charge in [-0.1, -0.05) is 78.0 Å². The zero-order valence-corrected chi connectivity index (χ0v) is 20.1. The third-order valence-electron chi connectivity index (χ3n) is 6.11. The first-order valence-corrected chi connectivity index (χ1v) is 11.2. The Hall–Kier alpha value is -2.35. The lowest BCUT2D eigenvalue weighted by molar-refractivity contribution is 0.0526. The minimum Gasteiger partial charge on any atom is -0.462 e. The molecule has 0 atom stereocenters. The van der Waals surface area contributed by atoms with E-state index in [1.165, 1.54) is 35.1 Å². The van der Waals surface area contributed by atoms with Crippen LogP contribution in [-0.4, -0.2) is 12.6 Å². The molecular weight excluding hydrogens is 368 g/mol. The van der Waals surface area contributed by atoms with E-state index in [2.05, 4.69) is 58.9 Å². The molecule has 0 fully saturated rings. The van der Waals surface area contributed by atoms with Crippen LogP contribution in [-0.2, 0) is 15.6 Å². The zero-order chi connectivity index (χ0) is 22.5. The quantitative estimate of drug-likeness (QED) is 0.382. The molecule has 0 heterocycles. The first kappa shape index (κ1) is 23.9. The van der Waals surface area contributed by atoms with Crippen molar-refractivity contribution in [2.24, 2.45) is 0 Å². The summed E-state index contributed by atoms with van der Waals surface area (Å²) in [7, 11) is 0. The van der Waals surface area contributed by atoms with Crippen molar-refractivity contribution in [2.75, 3.05) is 6.61 Å². The molecule has 0 N–H and O–H groups in total. The van der Waals surface area contributed by atoms with Crippen LogP contribution in [0.5, 0.6) is 0 Å². The van der Waals surface area contributed by atoms with Crippen molar-refractivity contribution in [3.05, 3.63) is 70.3 Å². The van der Waals surface area contributed by atoms with Crippen molar-refractivity contribution in [3.8, 4) is 0 Å². The summed E-state index contributed by atoms with van der Waals surface area (Å²) in [5.74, 6) is -0.269. The van der Waals surface area contributed by atoms with Gasteiger partial charge in [-0.2, -0.15) is 0 Å². The predicted octanol–water partition coefficient (Wildman–Crippen LogP) is 7.80. The van der Waals surface area contributed by atoms with Crippen molar-refractivity contribution in [1.29, 1.82) is 0 Å². The molecule has 0 spiro atoms. The van der Waals surface area contributed by atoms with E-state index in [4.69, 9.17) is 4.74 Å². The molecule has 2 aromatic carbocycles. The van der Waals surface area contributed by atoms with Gasteiger partial charge in [0.2, 0.25) is 0 Å². The van der Waals surface area contributed by atoms with Gasteiger partial charge in [0.05, 0.1) is 12.2 Å². The number of carbonyl (C=O) groups is 1. The van der Waals surface area contributed by atoms with Gasteiger partial charge in [0.1, 0.15) is 0 Å². The van der Waals surface area contributed by atoms with Crippen molar-refractivity contribution in [3.63, 3.8) is 0 Å². The molecule has 0 aliphatic heterocycles. The Morgan fingerprint density at radius 1 is 0.900 bits per heavy atom. The van der Waals surface area contributed by atoms with E-state index in [0.29, 0.717) is 12.2 Å².